The van der Waals surface area contributed by atoms with Gasteiger partial charge >= 0.3 is 0 Å². The lowest BCUT2D eigenvalue weighted by atomic mass is 9.82. The Morgan fingerprint density at radius 2 is 1.00 bits per heavy atom. The molecule has 0 amide bonds. The van der Waals surface area contributed by atoms with Gasteiger partial charge in [0.2, 0.25) is 0 Å². The Morgan fingerprint density at radius 1 is 0.386 bits per heavy atom. The van der Waals surface area contributed by atoms with Crippen LogP contribution in [0.1, 0.15) is 25.0 Å². The molecule has 1 aromatic heterocycles. The number of nitrogens with zero attached hydrogens (tertiary/aromatic N) is 1. The van der Waals surface area contributed by atoms with Crippen molar-refractivity contribution in [3.05, 3.63) is 211 Å². The van der Waals surface area contributed by atoms with E-state index in [9.17, 15) is 0 Å². The van der Waals surface area contributed by atoms with E-state index in [4.69, 9.17) is 4.42 Å². The van der Waals surface area contributed by atoms with Crippen molar-refractivity contribution >= 4 is 49.8 Å². The number of hydrogen-bond acceptors (Lipinski definition) is 2. The van der Waals surface area contributed by atoms with Crippen molar-refractivity contribution in [1.29, 1.82) is 0 Å². The summed E-state index contributed by atoms with van der Waals surface area (Å²) in [7, 11) is 0. The topological polar surface area (TPSA) is 16.4 Å². The second-order valence-corrected chi connectivity index (χ2v) is 15.7. The first-order valence-corrected chi connectivity index (χ1v) is 19.8. The van der Waals surface area contributed by atoms with Crippen molar-refractivity contribution in [2.75, 3.05) is 4.90 Å². The Labute approximate surface area is 332 Å². The summed E-state index contributed by atoms with van der Waals surface area (Å²) in [6, 6.07) is 72.7. The van der Waals surface area contributed by atoms with Gasteiger partial charge in [0, 0.05) is 32.8 Å². The van der Waals surface area contributed by atoms with Crippen LogP contribution < -0.4 is 4.90 Å². The molecule has 0 fully saturated rings. The van der Waals surface area contributed by atoms with Crippen LogP contribution in [0.15, 0.2) is 205 Å². The molecule has 0 atom stereocenters. The minimum atomic E-state index is -0.162. The third-order valence-corrected chi connectivity index (χ3v) is 12.1. The summed E-state index contributed by atoms with van der Waals surface area (Å²) < 4.78 is 6.62. The lowest BCUT2D eigenvalue weighted by molar-refractivity contribution is 0.660. The summed E-state index contributed by atoms with van der Waals surface area (Å²) in [4.78, 5) is 2.50. The number of anilines is 3. The summed E-state index contributed by atoms with van der Waals surface area (Å²) in [5.74, 6) is 0. The highest BCUT2D eigenvalue weighted by Crippen LogP contribution is 2.53. The Bertz CT molecular complexity index is 3150. The number of benzene rings is 9. The molecule has 0 saturated carbocycles. The summed E-state index contributed by atoms with van der Waals surface area (Å²) in [5.41, 5.74) is 17.3. The number of furan rings is 1. The molecule has 1 aliphatic carbocycles. The van der Waals surface area contributed by atoms with Crippen LogP contribution in [-0.4, -0.2) is 0 Å². The van der Waals surface area contributed by atoms with Crippen LogP contribution in [0.3, 0.4) is 0 Å². The van der Waals surface area contributed by atoms with E-state index in [2.05, 4.69) is 219 Å². The van der Waals surface area contributed by atoms with Gasteiger partial charge in [0.1, 0.15) is 11.2 Å². The maximum Gasteiger partial charge on any atom is 0.136 e. The standard InChI is InChI=1S/C55H39NO/c1-55(2)47-26-13-11-23-43(47)44-29-28-40(35-48(44)55)56(49-31-30-41(37-18-7-4-8-19-37)42-22-9-10-24-45(42)49)50-32-33-52-54(46-25-12-14-27-51(46)57-52)53(50)39-21-15-20-38(34-39)36-16-5-3-6-17-36/h3-35H,1-2H3. The molecule has 57 heavy (non-hydrogen) atoms. The fourth-order valence-electron chi connectivity index (χ4n) is 9.36. The fraction of sp³-hybridized carbons (Fsp3) is 0.0545. The van der Waals surface area contributed by atoms with Crippen LogP contribution in [0.5, 0.6) is 0 Å². The molecule has 0 radical (unpaired) electrons. The van der Waals surface area contributed by atoms with Gasteiger partial charge in [-0.1, -0.05) is 172 Å². The molecule has 0 saturated heterocycles. The lowest BCUT2D eigenvalue weighted by Crippen LogP contribution is -2.17. The number of rotatable bonds is 6. The first-order valence-electron chi connectivity index (χ1n) is 19.8. The molecule has 0 aliphatic heterocycles. The van der Waals surface area contributed by atoms with Crippen LogP contribution >= 0.6 is 0 Å². The predicted octanol–water partition coefficient (Wildman–Crippen LogP) is 15.5. The van der Waals surface area contributed by atoms with Crippen molar-refractivity contribution in [2.24, 2.45) is 0 Å². The number of para-hydroxylation sites is 1. The van der Waals surface area contributed by atoms with E-state index < -0.39 is 0 Å². The number of fused-ring (bicyclic) bond motifs is 7. The summed E-state index contributed by atoms with van der Waals surface area (Å²) in [6.07, 6.45) is 0. The lowest BCUT2D eigenvalue weighted by Gasteiger charge is -2.31. The summed E-state index contributed by atoms with van der Waals surface area (Å²) in [6.45, 7) is 4.72. The Morgan fingerprint density at radius 3 is 1.82 bits per heavy atom. The number of hydrogen-bond donors (Lipinski definition) is 0. The quantitative estimate of drug-likeness (QED) is 0.169. The molecule has 0 spiro atoms. The third-order valence-electron chi connectivity index (χ3n) is 12.1. The molecule has 0 bridgehead atoms. The van der Waals surface area contributed by atoms with Crippen LogP contribution in [0, 0.1) is 0 Å². The molecule has 270 valence electrons. The van der Waals surface area contributed by atoms with Crippen molar-refractivity contribution in [3.63, 3.8) is 0 Å². The zero-order valence-corrected chi connectivity index (χ0v) is 31.9. The highest BCUT2D eigenvalue weighted by atomic mass is 16.3. The highest BCUT2D eigenvalue weighted by Gasteiger charge is 2.36. The first kappa shape index (κ1) is 33.2. The highest BCUT2D eigenvalue weighted by molar-refractivity contribution is 6.17. The largest absolute Gasteiger partial charge is 0.456 e. The van der Waals surface area contributed by atoms with Gasteiger partial charge in [-0.2, -0.15) is 0 Å². The summed E-state index contributed by atoms with van der Waals surface area (Å²) in [5, 5.41) is 4.60. The van der Waals surface area contributed by atoms with E-state index in [1.165, 1.54) is 55.3 Å². The van der Waals surface area contributed by atoms with Crippen LogP contribution in [0.25, 0.3) is 77.2 Å². The molecule has 2 nitrogen and oxygen atoms in total. The van der Waals surface area contributed by atoms with E-state index in [-0.39, 0.29) is 5.41 Å². The van der Waals surface area contributed by atoms with Crippen LogP contribution in [0.4, 0.5) is 17.1 Å². The van der Waals surface area contributed by atoms with Crippen molar-refractivity contribution in [3.8, 4) is 44.5 Å². The molecule has 9 aromatic carbocycles. The zero-order chi connectivity index (χ0) is 38.1. The molecule has 0 N–H and O–H groups in total. The van der Waals surface area contributed by atoms with Gasteiger partial charge < -0.3 is 9.32 Å². The Balaban J connectivity index is 1.24. The smallest absolute Gasteiger partial charge is 0.136 e. The van der Waals surface area contributed by atoms with Gasteiger partial charge in [-0.3, -0.25) is 0 Å². The zero-order valence-electron chi connectivity index (χ0n) is 31.9. The van der Waals surface area contributed by atoms with Gasteiger partial charge in [0.25, 0.3) is 0 Å². The first-order chi connectivity index (χ1) is 28.0. The normalized spacial score (nSPS) is 12.9. The maximum atomic E-state index is 6.62. The van der Waals surface area contributed by atoms with E-state index in [1.54, 1.807) is 0 Å². The van der Waals surface area contributed by atoms with Gasteiger partial charge in [0.15, 0.2) is 0 Å². The molecular weight excluding hydrogens is 691 g/mol. The molecule has 2 heteroatoms. The minimum Gasteiger partial charge on any atom is -0.456 e. The van der Waals surface area contributed by atoms with Crippen molar-refractivity contribution in [1.82, 2.24) is 0 Å². The van der Waals surface area contributed by atoms with Gasteiger partial charge in [-0.15, -0.1) is 0 Å². The monoisotopic (exact) mass is 729 g/mol. The molecule has 0 unspecified atom stereocenters. The van der Waals surface area contributed by atoms with Gasteiger partial charge in [0.05, 0.1) is 11.4 Å². The van der Waals surface area contributed by atoms with E-state index in [0.717, 1.165) is 50.1 Å². The molecule has 11 rings (SSSR count). The summed E-state index contributed by atoms with van der Waals surface area (Å²) >= 11 is 0. The van der Waals surface area contributed by atoms with Crippen molar-refractivity contribution in [2.45, 2.75) is 19.3 Å². The Hall–Kier alpha value is -7.16. The maximum absolute atomic E-state index is 6.62. The fourth-order valence-corrected chi connectivity index (χ4v) is 9.36. The second-order valence-electron chi connectivity index (χ2n) is 15.7. The van der Waals surface area contributed by atoms with E-state index in [1.807, 2.05) is 0 Å². The minimum absolute atomic E-state index is 0.162. The predicted molar refractivity (Wildman–Crippen MR) is 240 cm³/mol. The SMILES string of the molecule is CC1(C)c2ccccc2-c2ccc(N(c3ccc4oc5ccccc5c4c3-c3cccc(-c4ccccc4)c3)c3ccc(-c4ccccc4)c4ccccc34)cc21. The molecule has 1 aliphatic rings. The average Bonchev–Trinajstić information content (AvgIpc) is 3.76. The van der Waals surface area contributed by atoms with E-state index >= 15 is 0 Å². The van der Waals surface area contributed by atoms with Gasteiger partial charge in [-0.25, -0.2) is 0 Å². The third kappa shape index (κ3) is 5.25. The molecular formula is C55H39NO. The molecule has 10 aromatic rings. The van der Waals surface area contributed by atoms with Gasteiger partial charge in [-0.05, 0) is 97.9 Å². The van der Waals surface area contributed by atoms with E-state index in [0.29, 0.717) is 0 Å². The van der Waals surface area contributed by atoms with Crippen LogP contribution in [0.2, 0.25) is 0 Å². The second kappa shape index (κ2) is 13.0. The van der Waals surface area contributed by atoms with Crippen LogP contribution in [-0.2, 0) is 5.41 Å². The van der Waals surface area contributed by atoms with Crippen molar-refractivity contribution < 1.29 is 4.42 Å². The Kier molecular flexibility index (Phi) is 7.55. The molecule has 1 heterocycles. The average molecular weight is 730 g/mol.